The number of carbonyl (C=O) groups is 1. The zero-order chi connectivity index (χ0) is 22.3. The standard InChI is InChI=1S/C18H17F4N5O3/c1-4-13(30-18(20,21)22)12(8-23-2)17(28)24-9-15-25-16(27-26-15)11-7-10(19)5-6-14(11)29-3/h4-8H,2,9H2,1,3H3,(H,24,28)(H,25,26,27)/b12-8+,13-4+. The molecule has 160 valence electrons. The van der Waals surface area contributed by atoms with E-state index in [1.165, 1.54) is 32.2 Å². The Kier molecular flexibility index (Phi) is 7.28. The molecule has 0 radical (unpaired) electrons. The molecule has 0 aliphatic heterocycles. The van der Waals surface area contributed by atoms with Crippen LogP contribution in [0.25, 0.3) is 11.4 Å². The minimum Gasteiger partial charge on any atom is -0.496 e. The number of amides is 1. The summed E-state index contributed by atoms with van der Waals surface area (Å²) in [5, 5.41) is 8.83. The van der Waals surface area contributed by atoms with Crippen molar-refractivity contribution in [3.8, 4) is 17.1 Å². The highest BCUT2D eigenvalue weighted by Gasteiger charge is 2.34. The van der Waals surface area contributed by atoms with Crippen molar-refractivity contribution in [2.45, 2.75) is 19.8 Å². The van der Waals surface area contributed by atoms with Crippen LogP contribution < -0.4 is 10.1 Å². The molecule has 0 fully saturated rings. The summed E-state index contributed by atoms with van der Waals surface area (Å²) in [5.41, 5.74) is -0.193. The summed E-state index contributed by atoms with van der Waals surface area (Å²) in [6.07, 6.45) is -3.20. The molecule has 0 unspecified atom stereocenters. The molecule has 0 aliphatic carbocycles. The Balaban J connectivity index is 2.15. The van der Waals surface area contributed by atoms with Crippen molar-refractivity contribution in [1.82, 2.24) is 20.5 Å². The van der Waals surface area contributed by atoms with Gasteiger partial charge < -0.3 is 14.8 Å². The van der Waals surface area contributed by atoms with Crippen molar-refractivity contribution in [1.29, 1.82) is 0 Å². The molecule has 2 N–H and O–H groups in total. The number of nitrogens with one attached hydrogen (secondary N) is 2. The first kappa shape index (κ1) is 22.6. The van der Waals surface area contributed by atoms with E-state index in [1.807, 2.05) is 0 Å². The predicted octanol–water partition coefficient (Wildman–Crippen LogP) is 3.26. The van der Waals surface area contributed by atoms with Crippen molar-refractivity contribution in [2.75, 3.05) is 7.11 Å². The van der Waals surface area contributed by atoms with Crippen molar-refractivity contribution >= 4 is 12.6 Å². The van der Waals surface area contributed by atoms with Gasteiger partial charge >= 0.3 is 6.36 Å². The summed E-state index contributed by atoms with van der Waals surface area (Å²) in [4.78, 5) is 19.8. The highest BCUT2D eigenvalue weighted by atomic mass is 19.4. The second-order valence-electron chi connectivity index (χ2n) is 5.55. The number of methoxy groups -OCH3 is 1. The lowest BCUT2D eigenvalue weighted by Gasteiger charge is -2.14. The zero-order valence-electron chi connectivity index (χ0n) is 15.9. The zero-order valence-corrected chi connectivity index (χ0v) is 15.9. The summed E-state index contributed by atoms with van der Waals surface area (Å²) in [5.74, 6) is -1.58. The average Bonchev–Trinajstić information content (AvgIpc) is 3.16. The minimum absolute atomic E-state index is 0.0920. The smallest absolute Gasteiger partial charge is 0.496 e. The molecule has 2 rings (SSSR count). The Labute approximate surface area is 168 Å². The third-order valence-electron chi connectivity index (χ3n) is 3.57. The lowest BCUT2D eigenvalue weighted by Crippen LogP contribution is -2.27. The van der Waals surface area contributed by atoms with Crippen molar-refractivity contribution < 1.29 is 31.8 Å². The number of allylic oxidation sites excluding steroid dienone is 1. The van der Waals surface area contributed by atoms with Crippen LogP contribution in [0.4, 0.5) is 17.6 Å². The predicted molar refractivity (Wildman–Crippen MR) is 98.7 cm³/mol. The number of aliphatic imine (C=N–C) groups is 1. The van der Waals surface area contributed by atoms with Gasteiger partial charge in [0.25, 0.3) is 5.91 Å². The number of nitrogens with zero attached hydrogens (tertiary/aromatic N) is 3. The van der Waals surface area contributed by atoms with Crippen LogP contribution in [0.3, 0.4) is 0 Å². The van der Waals surface area contributed by atoms with Gasteiger partial charge in [-0.2, -0.15) is 5.10 Å². The molecule has 1 aromatic carbocycles. The van der Waals surface area contributed by atoms with Gasteiger partial charge in [-0.3, -0.25) is 14.9 Å². The second kappa shape index (κ2) is 9.67. The molecule has 0 saturated carbocycles. The van der Waals surface area contributed by atoms with Gasteiger partial charge in [0, 0.05) is 6.20 Å². The van der Waals surface area contributed by atoms with E-state index in [-0.39, 0.29) is 18.2 Å². The second-order valence-corrected chi connectivity index (χ2v) is 5.55. The fourth-order valence-electron chi connectivity index (χ4n) is 2.34. The van der Waals surface area contributed by atoms with Crippen LogP contribution in [0.5, 0.6) is 5.75 Å². The number of ether oxygens (including phenoxy) is 2. The summed E-state index contributed by atoms with van der Waals surface area (Å²) in [7, 11) is 1.40. The quantitative estimate of drug-likeness (QED) is 0.221. The molecule has 12 heteroatoms. The van der Waals surface area contributed by atoms with Gasteiger partial charge in [-0.15, -0.1) is 13.2 Å². The number of halogens is 4. The molecule has 30 heavy (non-hydrogen) atoms. The number of carbonyl (C=O) groups excluding carboxylic acids is 1. The number of rotatable bonds is 8. The van der Waals surface area contributed by atoms with E-state index >= 15 is 0 Å². The van der Waals surface area contributed by atoms with Crippen molar-refractivity contribution in [2.24, 2.45) is 4.99 Å². The lowest BCUT2D eigenvalue weighted by molar-refractivity contribution is -0.303. The molecule has 0 saturated heterocycles. The first-order valence-corrected chi connectivity index (χ1v) is 8.30. The molecular formula is C18H17F4N5O3. The maximum Gasteiger partial charge on any atom is 0.573 e. The van der Waals surface area contributed by atoms with E-state index in [0.29, 0.717) is 11.3 Å². The van der Waals surface area contributed by atoms with Crippen LogP contribution in [0.15, 0.2) is 46.8 Å². The van der Waals surface area contributed by atoms with Crippen molar-refractivity contribution in [3.05, 3.63) is 53.4 Å². The van der Waals surface area contributed by atoms with Gasteiger partial charge in [-0.25, -0.2) is 9.37 Å². The van der Waals surface area contributed by atoms with Crippen LogP contribution in [0, 0.1) is 5.82 Å². The van der Waals surface area contributed by atoms with Gasteiger partial charge in [0.15, 0.2) is 11.6 Å². The Hall–Kier alpha value is -3.70. The van der Waals surface area contributed by atoms with E-state index in [9.17, 15) is 22.4 Å². The molecule has 2 aromatic rings. The average molecular weight is 427 g/mol. The van der Waals surface area contributed by atoms with E-state index in [2.05, 4.69) is 36.9 Å². The third kappa shape index (κ3) is 5.90. The molecule has 0 spiro atoms. The van der Waals surface area contributed by atoms with Gasteiger partial charge in [-0.05, 0) is 37.9 Å². The van der Waals surface area contributed by atoms with Crippen molar-refractivity contribution in [3.63, 3.8) is 0 Å². The third-order valence-corrected chi connectivity index (χ3v) is 3.57. The fraction of sp³-hybridized carbons (Fsp3) is 0.222. The number of aromatic nitrogens is 3. The van der Waals surface area contributed by atoms with Gasteiger partial charge in [0.2, 0.25) is 0 Å². The molecular weight excluding hydrogens is 410 g/mol. The molecule has 0 atom stereocenters. The van der Waals surface area contributed by atoms with Gasteiger partial charge in [0.1, 0.15) is 17.3 Å². The Morgan fingerprint density at radius 1 is 1.40 bits per heavy atom. The SMILES string of the molecule is C=N/C=C(C(=O)NCc1n[nH]c(-c2cc(F)ccc2OC)n1)\C(=C/C)OC(F)(F)F. The molecule has 0 aliphatic rings. The number of H-pyrrole nitrogens is 1. The Morgan fingerprint density at radius 2 is 2.13 bits per heavy atom. The minimum atomic E-state index is -4.99. The maximum atomic E-state index is 13.5. The van der Waals surface area contributed by atoms with Crippen LogP contribution in [0.1, 0.15) is 12.7 Å². The van der Waals surface area contributed by atoms with Crippen LogP contribution in [-0.4, -0.2) is 41.3 Å². The molecule has 1 heterocycles. The van der Waals surface area contributed by atoms with Crippen LogP contribution in [0.2, 0.25) is 0 Å². The molecule has 1 aromatic heterocycles. The maximum absolute atomic E-state index is 13.5. The number of aromatic amines is 1. The fourth-order valence-corrected chi connectivity index (χ4v) is 2.34. The van der Waals surface area contributed by atoms with Gasteiger partial charge in [-0.1, -0.05) is 0 Å². The monoisotopic (exact) mass is 427 g/mol. The van der Waals surface area contributed by atoms with Gasteiger partial charge in [0.05, 0.1) is 24.8 Å². The number of alkyl halides is 3. The number of hydrogen-bond acceptors (Lipinski definition) is 6. The van der Waals surface area contributed by atoms with E-state index in [1.54, 1.807) is 0 Å². The Bertz CT molecular complexity index is 982. The highest BCUT2D eigenvalue weighted by Crippen LogP contribution is 2.28. The van der Waals surface area contributed by atoms with E-state index in [4.69, 9.17) is 4.74 Å². The molecule has 8 nitrogen and oxygen atoms in total. The largest absolute Gasteiger partial charge is 0.573 e. The normalized spacial score (nSPS) is 12.5. The summed E-state index contributed by atoms with van der Waals surface area (Å²) >= 11 is 0. The highest BCUT2D eigenvalue weighted by molar-refractivity contribution is 5.97. The first-order chi connectivity index (χ1) is 14.2. The molecule has 0 bridgehead atoms. The topological polar surface area (TPSA) is 101 Å². The van der Waals surface area contributed by atoms with Crippen LogP contribution >= 0.6 is 0 Å². The van der Waals surface area contributed by atoms with E-state index in [0.717, 1.165) is 12.3 Å². The van der Waals surface area contributed by atoms with E-state index < -0.39 is 29.4 Å². The first-order valence-electron chi connectivity index (χ1n) is 8.30. The Morgan fingerprint density at radius 3 is 2.73 bits per heavy atom. The van der Waals surface area contributed by atoms with Crippen LogP contribution in [-0.2, 0) is 16.1 Å². The lowest BCUT2D eigenvalue weighted by atomic mass is 10.2. The number of hydrogen-bond donors (Lipinski definition) is 2. The summed E-state index contributed by atoms with van der Waals surface area (Å²) in [6.45, 7) is 4.15. The summed E-state index contributed by atoms with van der Waals surface area (Å²) in [6, 6.07) is 3.81. The number of benzene rings is 1. The molecule has 1 amide bonds. The summed E-state index contributed by atoms with van der Waals surface area (Å²) < 4.78 is 60.1.